The molecule has 4 aromatic carbocycles. The van der Waals surface area contributed by atoms with E-state index in [0.717, 1.165) is 50.6 Å². The largest absolute Gasteiger partial charge is 0.309 e. The summed E-state index contributed by atoms with van der Waals surface area (Å²) in [6.45, 7) is 0. The van der Waals surface area contributed by atoms with E-state index in [4.69, 9.17) is 4.98 Å². The maximum Gasteiger partial charge on any atom is 0.178 e. The summed E-state index contributed by atoms with van der Waals surface area (Å²) in [6, 6.07) is 35.1. The van der Waals surface area contributed by atoms with Crippen LogP contribution in [0.15, 0.2) is 116 Å². The minimum absolute atomic E-state index is 0.742. The Balaban J connectivity index is 1.47. The second kappa shape index (κ2) is 7.55. The fourth-order valence-corrected chi connectivity index (χ4v) is 7.15. The van der Waals surface area contributed by atoms with Crippen LogP contribution in [0.5, 0.6) is 0 Å². The molecule has 0 saturated heterocycles. The van der Waals surface area contributed by atoms with Crippen molar-refractivity contribution in [3.63, 3.8) is 0 Å². The van der Waals surface area contributed by atoms with Crippen molar-refractivity contribution in [1.82, 2.24) is 23.9 Å². The molecule has 5 nitrogen and oxygen atoms in total. The first-order valence-electron chi connectivity index (χ1n) is 13.9. The standard InChI is InChI=1S/C36H21N5/c1-2-8-23(9-3-1)40-31-19-27-25-14-16-37-20-32(25)41-30-11-6-15-38-35(30)39-36(41)29(27)18-28(31)26-13-12-22-17-21-7-4-5-10-24(21)33(22)34(26)40/h1-16,18-20H,17H2. The van der Waals surface area contributed by atoms with Crippen LogP contribution in [0.4, 0.5) is 0 Å². The van der Waals surface area contributed by atoms with Gasteiger partial charge in [0.15, 0.2) is 5.65 Å². The van der Waals surface area contributed by atoms with Crippen molar-refractivity contribution in [2.75, 3.05) is 0 Å². The van der Waals surface area contributed by atoms with Crippen LogP contribution >= 0.6 is 0 Å². The second-order valence-electron chi connectivity index (χ2n) is 10.9. The molecule has 0 radical (unpaired) electrons. The molecule has 41 heavy (non-hydrogen) atoms. The van der Waals surface area contributed by atoms with Gasteiger partial charge in [0.2, 0.25) is 0 Å². The molecule has 5 heterocycles. The molecule has 0 spiro atoms. The number of hydrogen-bond donors (Lipinski definition) is 0. The van der Waals surface area contributed by atoms with Crippen molar-refractivity contribution in [1.29, 1.82) is 0 Å². The Kier molecular flexibility index (Phi) is 3.92. The van der Waals surface area contributed by atoms with E-state index >= 15 is 0 Å². The fourth-order valence-electron chi connectivity index (χ4n) is 7.15. The van der Waals surface area contributed by atoms with E-state index < -0.39 is 0 Å². The lowest BCUT2D eigenvalue weighted by atomic mass is 10.0. The van der Waals surface area contributed by atoms with Crippen molar-refractivity contribution in [2.24, 2.45) is 0 Å². The van der Waals surface area contributed by atoms with Gasteiger partial charge in [0.1, 0.15) is 5.65 Å². The van der Waals surface area contributed by atoms with E-state index in [0.29, 0.717) is 0 Å². The van der Waals surface area contributed by atoms with Crippen molar-refractivity contribution in [3.05, 3.63) is 127 Å². The molecule has 9 aromatic rings. The Morgan fingerprint density at radius 1 is 0.610 bits per heavy atom. The molecule has 5 heteroatoms. The third kappa shape index (κ3) is 2.68. The Bertz CT molecular complexity index is 2550. The maximum absolute atomic E-state index is 5.05. The third-order valence-corrected chi connectivity index (χ3v) is 8.84. The molecule has 0 amide bonds. The summed E-state index contributed by atoms with van der Waals surface area (Å²) >= 11 is 0. The van der Waals surface area contributed by atoms with E-state index in [9.17, 15) is 0 Å². The highest BCUT2D eigenvalue weighted by atomic mass is 15.1. The van der Waals surface area contributed by atoms with Gasteiger partial charge in [-0.1, -0.05) is 54.6 Å². The lowest BCUT2D eigenvalue weighted by Gasteiger charge is -2.12. The molecule has 1 aliphatic carbocycles. The zero-order chi connectivity index (χ0) is 26.7. The number of fused-ring (bicyclic) bond motifs is 15. The highest BCUT2D eigenvalue weighted by Gasteiger charge is 2.26. The number of pyridine rings is 3. The highest BCUT2D eigenvalue weighted by Crippen LogP contribution is 2.46. The monoisotopic (exact) mass is 523 g/mol. The molecule has 0 unspecified atom stereocenters. The number of benzene rings is 4. The van der Waals surface area contributed by atoms with Crippen LogP contribution in [0.25, 0.3) is 77.1 Å². The Labute approximate surface area is 234 Å². The van der Waals surface area contributed by atoms with Crippen LogP contribution in [-0.2, 0) is 6.42 Å². The van der Waals surface area contributed by atoms with Gasteiger partial charge in [-0.25, -0.2) is 9.97 Å². The van der Waals surface area contributed by atoms with E-state index in [1.165, 1.54) is 44.1 Å². The smallest absolute Gasteiger partial charge is 0.178 e. The number of imidazole rings is 1. The summed E-state index contributed by atoms with van der Waals surface area (Å²) in [4.78, 5) is 14.1. The minimum atomic E-state index is 0.742. The van der Waals surface area contributed by atoms with Crippen LogP contribution in [-0.4, -0.2) is 23.9 Å². The SMILES string of the molecule is c1ccc(-n2c3cc4c5ccncc5n5c6cccnc6nc5c4cc3c3ccc4c(c32)-c2ccccc2C4)cc1. The minimum Gasteiger partial charge on any atom is -0.309 e. The molecule has 10 rings (SSSR count). The predicted octanol–water partition coefficient (Wildman–Crippen LogP) is 8.25. The van der Waals surface area contributed by atoms with E-state index in [-0.39, 0.29) is 0 Å². The quantitative estimate of drug-likeness (QED) is 0.204. The van der Waals surface area contributed by atoms with E-state index in [1.54, 1.807) is 0 Å². The first-order valence-corrected chi connectivity index (χ1v) is 13.9. The van der Waals surface area contributed by atoms with E-state index in [2.05, 4.69) is 110 Å². The number of para-hydroxylation sites is 1. The van der Waals surface area contributed by atoms with Crippen LogP contribution in [0.2, 0.25) is 0 Å². The van der Waals surface area contributed by atoms with Gasteiger partial charge in [-0.2, -0.15) is 0 Å². The van der Waals surface area contributed by atoms with Crippen LogP contribution in [0, 0.1) is 0 Å². The zero-order valence-corrected chi connectivity index (χ0v) is 21.9. The summed E-state index contributed by atoms with van der Waals surface area (Å²) in [5.41, 5.74) is 12.7. The Hall–Kier alpha value is -5.55. The van der Waals surface area contributed by atoms with Crippen LogP contribution in [0.3, 0.4) is 0 Å². The average Bonchev–Trinajstić information content (AvgIpc) is 3.70. The molecule has 5 aromatic heterocycles. The predicted molar refractivity (Wildman–Crippen MR) is 166 cm³/mol. The molecule has 190 valence electrons. The molecular formula is C36H21N5. The fraction of sp³-hybridized carbons (Fsp3) is 0.0278. The number of rotatable bonds is 1. The number of nitrogens with zero attached hydrogens (tertiary/aromatic N) is 5. The zero-order valence-electron chi connectivity index (χ0n) is 21.9. The summed E-state index contributed by atoms with van der Waals surface area (Å²) in [6.07, 6.45) is 6.59. The molecule has 1 aliphatic rings. The van der Waals surface area contributed by atoms with Gasteiger partial charge in [-0.05, 0) is 71.0 Å². The van der Waals surface area contributed by atoms with Gasteiger partial charge in [0, 0.05) is 45.2 Å². The summed E-state index contributed by atoms with van der Waals surface area (Å²) in [5, 5.41) is 5.90. The topological polar surface area (TPSA) is 48.0 Å². The van der Waals surface area contributed by atoms with Gasteiger partial charge < -0.3 is 4.57 Å². The van der Waals surface area contributed by atoms with Crippen LogP contribution < -0.4 is 0 Å². The number of aromatic nitrogens is 5. The molecule has 0 N–H and O–H groups in total. The molecule has 0 fully saturated rings. The Morgan fingerprint density at radius 2 is 1.51 bits per heavy atom. The Morgan fingerprint density at radius 3 is 2.46 bits per heavy atom. The van der Waals surface area contributed by atoms with Crippen molar-refractivity contribution in [3.8, 4) is 16.8 Å². The van der Waals surface area contributed by atoms with E-state index in [1.807, 2.05) is 24.7 Å². The van der Waals surface area contributed by atoms with Crippen molar-refractivity contribution < 1.29 is 0 Å². The average molecular weight is 524 g/mol. The summed E-state index contributed by atoms with van der Waals surface area (Å²) < 4.78 is 4.68. The number of hydrogen-bond acceptors (Lipinski definition) is 3. The molecule has 0 atom stereocenters. The molecule has 0 saturated carbocycles. The third-order valence-electron chi connectivity index (χ3n) is 8.84. The molecular weight excluding hydrogens is 502 g/mol. The lowest BCUT2D eigenvalue weighted by molar-refractivity contribution is 1.18. The van der Waals surface area contributed by atoms with Gasteiger partial charge in [-0.3, -0.25) is 9.38 Å². The van der Waals surface area contributed by atoms with Gasteiger partial charge in [0.25, 0.3) is 0 Å². The highest BCUT2D eigenvalue weighted by molar-refractivity contribution is 6.23. The lowest BCUT2D eigenvalue weighted by Crippen LogP contribution is -1.96. The van der Waals surface area contributed by atoms with Gasteiger partial charge >= 0.3 is 0 Å². The van der Waals surface area contributed by atoms with Crippen LogP contribution in [0.1, 0.15) is 11.1 Å². The normalized spacial score (nSPS) is 12.8. The first kappa shape index (κ1) is 21.3. The van der Waals surface area contributed by atoms with Crippen molar-refractivity contribution >= 4 is 60.3 Å². The first-order chi connectivity index (χ1) is 20.3. The molecule has 0 bridgehead atoms. The summed E-state index contributed by atoms with van der Waals surface area (Å²) in [5.74, 6) is 0. The van der Waals surface area contributed by atoms with Gasteiger partial charge in [0.05, 0.1) is 28.3 Å². The maximum atomic E-state index is 5.05. The molecule has 0 aliphatic heterocycles. The van der Waals surface area contributed by atoms with Crippen molar-refractivity contribution in [2.45, 2.75) is 6.42 Å². The second-order valence-corrected chi connectivity index (χ2v) is 10.9. The van der Waals surface area contributed by atoms with Gasteiger partial charge in [-0.15, -0.1) is 0 Å². The summed E-state index contributed by atoms with van der Waals surface area (Å²) in [7, 11) is 0.